The Labute approximate surface area is 146 Å². The zero-order valence-electron chi connectivity index (χ0n) is 13.8. The molecular weight excluding hydrogens is 364 g/mol. The second kappa shape index (κ2) is 8.15. The average Bonchev–Trinajstić information content (AvgIpc) is 2.76. The number of carbonyl (C=O) groups is 1. The van der Waals surface area contributed by atoms with Crippen molar-refractivity contribution in [1.82, 2.24) is 15.1 Å². The number of urea groups is 1. The first-order valence-electron chi connectivity index (χ1n) is 8.02. The molecule has 0 atom stereocenters. The van der Waals surface area contributed by atoms with Gasteiger partial charge in [-0.05, 0) is 24.1 Å². The third kappa shape index (κ3) is 6.40. The van der Waals surface area contributed by atoms with E-state index in [1.165, 1.54) is 21.9 Å². The predicted octanol–water partition coefficient (Wildman–Crippen LogP) is 3.49. The van der Waals surface area contributed by atoms with Crippen molar-refractivity contribution in [2.45, 2.75) is 25.3 Å². The highest BCUT2D eigenvalue weighted by Crippen LogP contribution is 2.29. The van der Waals surface area contributed by atoms with Crippen molar-refractivity contribution in [1.29, 1.82) is 0 Å². The summed E-state index contributed by atoms with van der Waals surface area (Å²) in [6, 6.07) is 3.97. The lowest BCUT2D eigenvalue weighted by molar-refractivity contribution is -0.145. The highest BCUT2D eigenvalue weighted by atomic mass is 19.4. The summed E-state index contributed by atoms with van der Waals surface area (Å²) in [5, 5.41) is 2.58. The highest BCUT2D eigenvalue weighted by Gasteiger charge is 2.32. The molecular formula is C16H19F6N3O. The Morgan fingerprint density at radius 2 is 1.62 bits per heavy atom. The minimum absolute atomic E-state index is 0.0414. The summed E-state index contributed by atoms with van der Waals surface area (Å²) in [6.45, 7) is -0.106. The molecule has 1 aliphatic rings. The zero-order valence-corrected chi connectivity index (χ0v) is 13.8. The summed E-state index contributed by atoms with van der Waals surface area (Å²) >= 11 is 0. The molecule has 1 aromatic carbocycles. The van der Waals surface area contributed by atoms with Gasteiger partial charge in [-0.15, -0.1) is 0 Å². The number of nitrogens with one attached hydrogen (secondary N) is 1. The topological polar surface area (TPSA) is 35.6 Å². The van der Waals surface area contributed by atoms with Crippen molar-refractivity contribution < 1.29 is 31.1 Å². The monoisotopic (exact) mass is 383 g/mol. The first-order valence-corrected chi connectivity index (χ1v) is 8.02. The molecule has 10 heteroatoms. The molecule has 0 bridgehead atoms. The number of amides is 2. The molecule has 4 nitrogen and oxygen atoms in total. The molecule has 146 valence electrons. The van der Waals surface area contributed by atoms with Crippen LogP contribution in [0.25, 0.3) is 0 Å². The molecule has 1 aromatic rings. The number of hydrogen-bond acceptors (Lipinski definition) is 2. The lowest BCUT2D eigenvalue weighted by Gasteiger charge is -2.23. The van der Waals surface area contributed by atoms with E-state index in [4.69, 9.17) is 0 Å². The Balaban J connectivity index is 1.82. The van der Waals surface area contributed by atoms with E-state index >= 15 is 0 Å². The number of benzene rings is 1. The Morgan fingerprint density at radius 3 is 2.19 bits per heavy atom. The first-order chi connectivity index (χ1) is 12.0. The third-order valence-corrected chi connectivity index (χ3v) is 4.00. The van der Waals surface area contributed by atoms with Crippen LogP contribution in [0.4, 0.5) is 31.1 Å². The molecule has 26 heavy (non-hydrogen) atoms. The lowest BCUT2D eigenvalue weighted by atomic mass is 10.1. The summed E-state index contributed by atoms with van der Waals surface area (Å²) in [4.78, 5) is 14.8. The quantitative estimate of drug-likeness (QED) is 0.812. The van der Waals surface area contributed by atoms with Crippen LogP contribution in [-0.2, 0) is 12.7 Å². The van der Waals surface area contributed by atoms with Gasteiger partial charge in [-0.2, -0.15) is 26.3 Å². The van der Waals surface area contributed by atoms with Crippen LogP contribution in [0.1, 0.15) is 17.5 Å². The molecule has 1 fully saturated rings. The average molecular weight is 383 g/mol. The molecule has 0 spiro atoms. The fraction of sp³-hybridized carbons (Fsp3) is 0.562. The van der Waals surface area contributed by atoms with Crippen LogP contribution >= 0.6 is 0 Å². The van der Waals surface area contributed by atoms with Crippen molar-refractivity contribution >= 4 is 6.03 Å². The number of hydrogen-bond donors (Lipinski definition) is 1. The van der Waals surface area contributed by atoms with Gasteiger partial charge in [-0.1, -0.05) is 12.1 Å². The largest absolute Gasteiger partial charge is 0.416 e. The lowest BCUT2D eigenvalue weighted by Crippen LogP contribution is -2.42. The zero-order chi connectivity index (χ0) is 19.4. The Kier molecular flexibility index (Phi) is 6.38. The molecule has 0 unspecified atom stereocenters. The van der Waals surface area contributed by atoms with Crippen LogP contribution in [0.5, 0.6) is 0 Å². The number of rotatable bonds is 3. The van der Waals surface area contributed by atoms with Crippen LogP contribution in [0.15, 0.2) is 24.3 Å². The van der Waals surface area contributed by atoms with E-state index in [9.17, 15) is 31.1 Å². The van der Waals surface area contributed by atoms with Gasteiger partial charge in [-0.3, -0.25) is 4.90 Å². The summed E-state index contributed by atoms with van der Waals surface area (Å²) in [6.07, 6.45) is -8.28. The van der Waals surface area contributed by atoms with Gasteiger partial charge in [0.2, 0.25) is 0 Å². The molecule has 0 aliphatic carbocycles. The number of alkyl halides is 6. The summed E-state index contributed by atoms with van der Waals surface area (Å²) < 4.78 is 74.8. The van der Waals surface area contributed by atoms with E-state index in [0.717, 1.165) is 12.1 Å². The van der Waals surface area contributed by atoms with Crippen molar-refractivity contribution in [2.75, 3.05) is 32.7 Å². The van der Waals surface area contributed by atoms with Crippen LogP contribution in [0.2, 0.25) is 0 Å². The summed E-state index contributed by atoms with van der Waals surface area (Å²) in [5.74, 6) is 0. The van der Waals surface area contributed by atoms with Crippen molar-refractivity contribution in [3.05, 3.63) is 35.4 Å². The van der Waals surface area contributed by atoms with Gasteiger partial charge in [0.05, 0.1) is 12.1 Å². The van der Waals surface area contributed by atoms with E-state index in [-0.39, 0.29) is 26.2 Å². The minimum atomic E-state index is -4.42. The van der Waals surface area contributed by atoms with Gasteiger partial charge in [0.25, 0.3) is 0 Å². The van der Waals surface area contributed by atoms with Gasteiger partial charge in [0, 0.05) is 32.7 Å². The van der Waals surface area contributed by atoms with Gasteiger partial charge in [-0.25, -0.2) is 4.79 Å². The molecule has 1 aliphatic heterocycles. The van der Waals surface area contributed by atoms with Crippen molar-refractivity contribution in [2.24, 2.45) is 0 Å². The Hall–Kier alpha value is -1.97. The van der Waals surface area contributed by atoms with Crippen molar-refractivity contribution in [3.63, 3.8) is 0 Å². The Bertz CT molecular complexity index is 599. The third-order valence-electron chi connectivity index (χ3n) is 4.00. The fourth-order valence-electron chi connectivity index (χ4n) is 2.69. The molecule has 0 radical (unpaired) electrons. The van der Waals surface area contributed by atoms with Crippen LogP contribution in [-0.4, -0.2) is 54.7 Å². The SMILES string of the molecule is O=C(NCc1ccc(C(F)(F)F)cc1)N1CCCN(CC(F)(F)F)CC1. The van der Waals surface area contributed by atoms with E-state index in [2.05, 4.69) is 5.32 Å². The molecule has 2 amide bonds. The maximum atomic E-state index is 12.5. The second-order valence-electron chi connectivity index (χ2n) is 6.09. The van der Waals surface area contributed by atoms with Crippen LogP contribution in [0.3, 0.4) is 0 Å². The van der Waals surface area contributed by atoms with Crippen LogP contribution in [0, 0.1) is 0 Å². The second-order valence-corrected chi connectivity index (χ2v) is 6.09. The molecule has 0 saturated carbocycles. The maximum Gasteiger partial charge on any atom is 0.416 e. The van der Waals surface area contributed by atoms with E-state index in [1.54, 1.807) is 0 Å². The Morgan fingerprint density at radius 1 is 0.962 bits per heavy atom. The molecule has 2 rings (SSSR count). The number of carbonyl (C=O) groups excluding carboxylic acids is 1. The van der Waals surface area contributed by atoms with Gasteiger partial charge in [0.15, 0.2) is 0 Å². The predicted molar refractivity (Wildman–Crippen MR) is 82.4 cm³/mol. The normalized spacial score (nSPS) is 17.1. The minimum Gasteiger partial charge on any atom is -0.334 e. The van der Waals surface area contributed by atoms with Gasteiger partial charge < -0.3 is 10.2 Å². The fourth-order valence-corrected chi connectivity index (χ4v) is 2.69. The summed E-state index contributed by atoms with van der Waals surface area (Å²) in [7, 11) is 0. The first kappa shape index (κ1) is 20.3. The van der Waals surface area contributed by atoms with Gasteiger partial charge >= 0.3 is 18.4 Å². The van der Waals surface area contributed by atoms with E-state index in [1.807, 2.05) is 0 Å². The standard InChI is InChI=1S/C16H19F6N3O/c17-15(18,19)11-24-6-1-7-25(9-8-24)14(26)23-10-12-2-4-13(5-3-12)16(20,21)22/h2-5H,1,6-11H2,(H,23,26). The van der Waals surface area contributed by atoms with E-state index in [0.29, 0.717) is 18.5 Å². The van der Waals surface area contributed by atoms with E-state index < -0.39 is 30.5 Å². The molecule has 1 heterocycles. The molecule has 0 aromatic heterocycles. The molecule has 1 N–H and O–H groups in total. The highest BCUT2D eigenvalue weighted by molar-refractivity contribution is 5.74. The summed E-state index contributed by atoms with van der Waals surface area (Å²) in [5.41, 5.74) is -0.273. The maximum absolute atomic E-state index is 12.5. The van der Waals surface area contributed by atoms with Gasteiger partial charge in [0.1, 0.15) is 0 Å². The smallest absolute Gasteiger partial charge is 0.334 e. The number of halogens is 6. The van der Waals surface area contributed by atoms with Crippen molar-refractivity contribution in [3.8, 4) is 0 Å². The number of nitrogens with zero attached hydrogens (tertiary/aromatic N) is 2. The molecule has 1 saturated heterocycles. The van der Waals surface area contributed by atoms with Crippen LogP contribution < -0.4 is 5.32 Å².